The van der Waals surface area contributed by atoms with Gasteiger partial charge in [-0.15, -0.1) is 0 Å². The fourth-order valence-corrected chi connectivity index (χ4v) is 6.90. The molecule has 0 N–H and O–H groups in total. The smallest absolute Gasteiger partial charge is 0.306 e. The Balaban J connectivity index is 4.17. The summed E-state index contributed by atoms with van der Waals surface area (Å²) in [6.07, 6.45) is 38.2. The number of unbranched alkanes of at least 4 members (excludes halogenated alkanes) is 25. The van der Waals surface area contributed by atoms with Crippen LogP contribution in [-0.4, -0.2) is 37.2 Å². The van der Waals surface area contributed by atoms with Crippen molar-refractivity contribution in [2.75, 3.05) is 13.2 Å². The minimum Gasteiger partial charge on any atom is -0.462 e. The first-order valence-electron chi connectivity index (χ1n) is 23.3. The topological polar surface area (TPSA) is 78.9 Å². The molecule has 0 amide bonds. The van der Waals surface area contributed by atoms with Gasteiger partial charge in [0, 0.05) is 19.3 Å². The van der Waals surface area contributed by atoms with Crippen LogP contribution in [0.1, 0.15) is 253 Å². The summed E-state index contributed by atoms with van der Waals surface area (Å²) < 4.78 is 16.7. The molecule has 0 aliphatic heterocycles. The van der Waals surface area contributed by atoms with E-state index in [1.807, 2.05) is 0 Å². The number of rotatable bonds is 41. The summed E-state index contributed by atoms with van der Waals surface area (Å²) in [4.78, 5) is 37.6. The molecule has 0 aliphatic rings. The van der Waals surface area contributed by atoms with Gasteiger partial charge in [-0.05, 0) is 31.1 Å². The van der Waals surface area contributed by atoms with E-state index in [0.717, 1.165) is 69.6 Å². The molecule has 1 unspecified atom stereocenters. The van der Waals surface area contributed by atoms with E-state index in [-0.39, 0.29) is 31.1 Å². The number of ether oxygens (including phenoxy) is 3. The lowest BCUT2D eigenvalue weighted by atomic mass is 9.99. The highest BCUT2D eigenvalue weighted by Crippen LogP contribution is 2.17. The third-order valence-corrected chi connectivity index (χ3v) is 10.8. The first-order valence-corrected chi connectivity index (χ1v) is 23.3. The lowest BCUT2D eigenvalue weighted by Crippen LogP contribution is -2.30. The molecule has 314 valence electrons. The Hall–Kier alpha value is -1.59. The molecule has 0 rings (SSSR count). The minimum absolute atomic E-state index is 0.0656. The van der Waals surface area contributed by atoms with Crippen molar-refractivity contribution in [1.82, 2.24) is 0 Å². The average Bonchev–Trinajstić information content (AvgIpc) is 3.14. The molecule has 0 saturated carbocycles. The fraction of sp³-hybridized carbons (Fsp3) is 0.936. The van der Waals surface area contributed by atoms with E-state index in [1.54, 1.807) is 0 Å². The highest BCUT2D eigenvalue weighted by atomic mass is 16.6. The minimum atomic E-state index is -0.759. The van der Waals surface area contributed by atoms with Crippen molar-refractivity contribution in [2.24, 2.45) is 11.8 Å². The molecule has 0 spiro atoms. The summed E-state index contributed by atoms with van der Waals surface area (Å²) in [5.41, 5.74) is 0. The molecule has 0 aliphatic carbocycles. The maximum absolute atomic E-state index is 12.6. The van der Waals surface area contributed by atoms with Crippen molar-refractivity contribution in [3.05, 3.63) is 0 Å². The lowest BCUT2D eigenvalue weighted by molar-refractivity contribution is -0.167. The Morgan fingerprint density at radius 2 is 0.717 bits per heavy atom. The van der Waals surface area contributed by atoms with Gasteiger partial charge in [0.05, 0.1) is 0 Å². The molecule has 0 bridgehead atoms. The zero-order valence-corrected chi connectivity index (χ0v) is 36.1. The summed E-state index contributed by atoms with van der Waals surface area (Å²) in [6.45, 7) is 11.3. The largest absolute Gasteiger partial charge is 0.462 e. The van der Waals surface area contributed by atoms with Crippen LogP contribution >= 0.6 is 0 Å². The van der Waals surface area contributed by atoms with Gasteiger partial charge in [-0.3, -0.25) is 14.4 Å². The van der Waals surface area contributed by atoms with Crippen LogP contribution in [-0.2, 0) is 28.6 Å². The van der Waals surface area contributed by atoms with Crippen LogP contribution in [0.25, 0.3) is 0 Å². The van der Waals surface area contributed by atoms with Gasteiger partial charge in [-0.2, -0.15) is 0 Å². The van der Waals surface area contributed by atoms with Gasteiger partial charge in [0.2, 0.25) is 0 Å². The molecule has 6 nitrogen and oxygen atoms in total. The first kappa shape index (κ1) is 51.4. The first-order chi connectivity index (χ1) is 25.8. The van der Waals surface area contributed by atoms with Crippen molar-refractivity contribution < 1.29 is 28.6 Å². The molecular weight excluding hydrogens is 661 g/mol. The summed E-state index contributed by atoms with van der Waals surface area (Å²) in [5.74, 6) is 0.812. The maximum atomic E-state index is 12.6. The van der Waals surface area contributed by atoms with Gasteiger partial charge < -0.3 is 14.2 Å². The van der Waals surface area contributed by atoms with Crippen LogP contribution in [0.15, 0.2) is 0 Å². The molecule has 0 radical (unpaired) electrons. The lowest BCUT2D eigenvalue weighted by Gasteiger charge is -2.18. The number of hydrogen-bond acceptors (Lipinski definition) is 6. The molecule has 0 aromatic heterocycles. The van der Waals surface area contributed by atoms with Crippen molar-refractivity contribution in [3.63, 3.8) is 0 Å². The molecule has 0 aromatic rings. The Bertz CT molecular complexity index is 811. The van der Waals surface area contributed by atoms with E-state index in [4.69, 9.17) is 14.2 Å². The highest BCUT2D eigenvalue weighted by Gasteiger charge is 2.19. The van der Waals surface area contributed by atoms with Crippen molar-refractivity contribution in [3.8, 4) is 0 Å². The number of esters is 3. The van der Waals surface area contributed by atoms with Crippen molar-refractivity contribution in [2.45, 2.75) is 259 Å². The summed E-state index contributed by atoms with van der Waals surface area (Å²) >= 11 is 0. The second-order valence-electron chi connectivity index (χ2n) is 16.8. The van der Waals surface area contributed by atoms with Crippen LogP contribution in [0.3, 0.4) is 0 Å². The second kappa shape index (κ2) is 40.1. The predicted octanol–water partition coefficient (Wildman–Crippen LogP) is 14.6. The maximum Gasteiger partial charge on any atom is 0.306 e. The van der Waals surface area contributed by atoms with Gasteiger partial charge >= 0.3 is 17.9 Å². The average molecular weight is 751 g/mol. The quantitative estimate of drug-likeness (QED) is 0.0352. The third kappa shape index (κ3) is 39.9. The summed E-state index contributed by atoms with van der Waals surface area (Å²) in [7, 11) is 0. The van der Waals surface area contributed by atoms with Crippen LogP contribution < -0.4 is 0 Å². The Kier molecular flexibility index (Phi) is 38.9. The molecule has 0 heterocycles. The van der Waals surface area contributed by atoms with Gasteiger partial charge in [-0.1, -0.05) is 214 Å². The van der Waals surface area contributed by atoms with Crippen LogP contribution in [0.5, 0.6) is 0 Å². The molecule has 0 fully saturated rings. The summed E-state index contributed by atoms with van der Waals surface area (Å²) in [6, 6.07) is 0. The Morgan fingerprint density at radius 3 is 1.08 bits per heavy atom. The van der Waals surface area contributed by atoms with Gasteiger partial charge in [0.1, 0.15) is 13.2 Å². The van der Waals surface area contributed by atoms with Crippen LogP contribution in [0.4, 0.5) is 0 Å². The van der Waals surface area contributed by atoms with E-state index < -0.39 is 6.10 Å². The molecule has 2 atom stereocenters. The van der Waals surface area contributed by atoms with Crippen LogP contribution in [0.2, 0.25) is 0 Å². The predicted molar refractivity (Wildman–Crippen MR) is 224 cm³/mol. The van der Waals surface area contributed by atoms with E-state index in [2.05, 4.69) is 34.6 Å². The standard InChI is InChI=1S/C47H90O6/c1-6-8-9-10-20-29-34-39-47(50)53-44(41-52-46(49)38-33-28-24-19-21-25-30-35-42(3)4)40-51-45(48)37-32-27-23-18-16-14-12-11-13-15-17-22-26-31-36-43(5)7-2/h42-44H,6-41H2,1-5H3/t43?,44-/m1/s1. The third-order valence-electron chi connectivity index (χ3n) is 10.8. The molecule has 0 saturated heterocycles. The fourth-order valence-electron chi connectivity index (χ4n) is 6.90. The number of carbonyl (C=O) groups excluding carboxylic acids is 3. The van der Waals surface area contributed by atoms with Crippen molar-refractivity contribution in [1.29, 1.82) is 0 Å². The zero-order valence-electron chi connectivity index (χ0n) is 36.1. The Morgan fingerprint density at radius 1 is 0.396 bits per heavy atom. The number of carbonyl (C=O) groups is 3. The Labute approximate surface area is 329 Å². The molecule has 53 heavy (non-hydrogen) atoms. The van der Waals surface area contributed by atoms with E-state index in [0.29, 0.717) is 19.3 Å². The van der Waals surface area contributed by atoms with E-state index >= 15 is 0 Å². The summed E-state index contributed by atoms with van der Waals surface area (Å²) in [5, 5.41) is 0. The number of hydrogen-bond donors (Lipinski definition) is 0. The van der Waals surface area contributed by atoms with Gasteiger partial charge in [-0.25, -0.2) is 0 Å². The van der Waals surface area contributed by atoms with E-state index in [1.165, 1.54) is 141 Å². The molecule has 0 aromatic carbocycles. The molecule has 6 heteroatoms. The van der Waals surface area contributed by atoms with E-state index in [9.17, 15) is 14.4 Å². The van der Waals surface area contributed by atoms with Gasteiger partial charge in [0.15, 0.2) is 6.10 Å². The zero-order chi connectivity index (χ0) is 39.0. The van der Waals surface area contributed by atoms with Crippen molar-refractivity contribution >= 4 is 17.9 Å². The normalized spacial score (nSPS) is 12.6. The SMILES string of the molecule is CCCCCCCCCC(=O)O[C@H](COC(=O)CCCCCCCCCCCCCCCCC(C)CC)COC(=O)CCCCCCCCCC(C)C. The highest BCUT2D eigenvalue weighted by molar-refractivity contribution is 5.71. The van der Waals surface area contributed by atoms with Crippen LogP contribution in [0, 0.1) is 11.8 Å². The second-order valence-corrected chi connectivity index (χ2v) is 16.8. The molecular formula is C47H90O6. The van der Waals surface area contributed by atoms with Gasteiger partial charge in [0.25, 0.3) is 0 Å². The monoisotopic (exact) mass is 751 g/mol.